The number of aryl methyl sites for hydroxylation is 4. The lowest BCUT2D eigenvalue weighted by molar-refractivity contribution is 0.564. The van der Waals surface area contributed by atoms with Crippen molar-refractivity contribution in [1.82, 2.24) is 19.3 Å². The highest BCUT2D eigenvalue weighted by molar-refractivity contribution is 7.88. The molecule has 0 spiro atoms. The van der Waals surface area contributed by atoms with E-state index in [9.17, 15) is 8.42 Å². The number of nitrogens with two attached hydrogens (primary N) is 1. The molecule has 0 aliphatic heterocycles. The van der Waals surface area contributed by atoms with E-state index < -0.39 is 10.0 Å². The summed E-state index contributed by atoms with van der Waals surface area (Å²) in [5.41, 5.74) is 9.97. The van der Waals surface area contributed by atoms with E-state index in [2.05, 4.69) is 28.1 Å². The molecule has 2 rings (SSSR count). The number of unbranched alkanes of at least 4 members (excludes halogenated alkanes) is 2. The van der Waals surface area contributed by atoms with Crippen molar-refractivity contribution in [3.05, 3.63) is 17.1 Å². The van der Waals surface area contributed by atoms with Gasteiger partial charge in [0.2, 0.25) is 10.0 Å². The van der Waals surface area contributed by atoms with E-state index in [4.69, 9.17) is 10.7 Å². The minimum Gasteiger partial charge on any atom is -0.382 e. The van der Waals surface area contributed by atoms with Crippen LogP contribution in [0.3, 0.4) is 0 Å². The Hall–Kier alpha value is -1.67. The molecular formula is C17H29N5O2S. The summed E-state index contributed by atoms with van der Waals surface area (Å²) in [4.78, 5) is 9.15. The van der Waals surface area contributed by atoms with Crippen LogP contribution in [0, 0.1) is 13.8 Å². The smallest absolute Gasteiger partial charge is 0.208 e. The van der Waals surface area contributed by atoms with Crippen LogP contribution >= 0.6 is 0 Å². The number of imidazole rings is 1. The van der Waals surface area contributed by atoms with Gasteiger partial charge in [-0.25, -0.2) is 23.1 Å². The van der Waals surface area contributed by atoms with Gasteiger partial charge in [0.25, 0.3) is 0 Å². The molecule has 0 amide bonds. The number of nitrogen functional groups attached to an aromatic ring is 1. The van der Waals surface area contributed by atoms with Gasteiger partial charge in [-0.2, -0.15) is 0 Å². The van der Waals surface area contributed by atoms with Crippen LogP contribution < -0.4 is 10.5 Å². The monoisotopic (exact) mass is 367 g/mol. The van der Waals surface area contributed by atoms with Crippen molar-refractivity contribution in [1.29, 1.82) is 0 Å². The Morgan fingerprint density at radius 3 is 2.52 bits per heavy atom. The number of nitrogens with one attached hydrogen (secondary N) is 1. The Morgan fingerprint density at radius 1 is 1.16 bits per heavy atom. The molecule has 0 atom stereocenters. The summed E-state index contributed by atoms with van der Waals surface area (Å²) in [6.07, 6.45) is 5.91. The van der Waals surface area contributed by atoms with Crippen molar-refractivity contribution in [2.75, 3.05) is 18.5 Å². The fraction of sp³-hybridized carbons (Fsp3) is 0.647. The molecule has 0 bridgehead atoms. The molecule has 140 valence electrons. The molecule has 0 aliphatic carbocycles. The molecule has 3 N–H and O–H groups in total. The first-order valence-corrected chi connectivity index (χ1v) is 10.7. The van der Waals surface area contributed by atoms with Crippen LogP contribution in [0.25, 0.3) is 11.0 Å². The van der Waals surface area contributed by atoms with Gasteiger partial charge in [-0.3, -0.25) is 0 Å². The van der Waals surface area contributed by atoms with Crippen molar-refractivity contribution in [3.8, 4) is 0 Å². The first-order valence-electron chi connectivity index (χ1n) is 8.81. The van der Waals surface area contributed by atoms with E-state index in [1.807, 2.05) is 6.92 Å². The summed E-state index contributed by atoms with van der Waals surface area (Å²) < 4.78 is 27.1. The summed E-state index contributed by atoms with van der Waals surface area (Å²) in [5, 5.41) is 0. The normalized spacial score (nSPS) is 12.2. The number of anilines is 1. The van der Waals surface area contributed by atoms with Crippen molar-refractivity contribution in [2.45, 2.75) is 59.4 Å². The predicted molar refractivity (Wildman–Crippen MR) is 102 cm³/mol. The standard InChI is InChI=1S/C17H29N5O2S/c1-5-6-9-14-21-15-16(12(2)13(3)20-17(15)18)22(14)11-8-7-10-19-25(4,23)24/h19H,5-11H2,1-4H3,(H2,18,20). The highest BCUT2D eigenvalue weighted by atomic mass is 32.2. The van der Waals surface area contributed by atoms with Gasteiger partial charge < -0.3 is 10.3 Å². The molecule has 25 heavy (non-hydrogen) atoms. The Labute approximate surface area is 150 Å². The van der Waals surface area contributed by atoms with Crippen molar-refractivity contribution in [3.63, 3.8) is 0 Å². The van der Waals surface area contributed by atoms with E-state index in [1.165, 1.54) is 6.26 Å². The first-order chi connectivity index (χ1) is 11.7. The predicted octanol–water partition coefficient (Wildman–Crippen LogP) is 2.30. The lowest BCUT2D eigenvalue weighted by Crippen LogP contribution is -2.23. The topological polar surface area (TPSA) is 103 Å². The Kier molecular flexibility index (Phi) is 6.40. The maximum Gasteiger partial charge on any atom is 0.208 e. The van der Waals surface area contributed by atoms with Gasteiger partial charge in [-0.05, 0) is 38.7 Å². The van der Waals surface area contributed by atoms with Crippen molar-refractivity contribution >= 4 is 26.9 Å². The zero-order valence-corrected chi connectivity index (χ0v) is 16.4. The van der Waals surface area contributed by atoms with Crippen LogP contribution in [0.15, 0.2) is 0 Å². The van der Waals surface area contributed by atoms with Gasteiger partial charge >= 0.3 is 0 Å². The average molecular weight is 368 g/mol. The number of fused-ring (bicyclic) bond motifs is 1. The van der Waals surface area contributed by atoms with Crippen molar-refractivity contribution < 1.29 is 8.42 Å². The van der Waals surface area contributed by atoms with Crippen LogP contribution in [0.2, 0.25) is 0 Å². The summed E-state index contributed by atoms with van der Waals surface area (Å²) in [7, 11) is -3.13. The summed E-state index contributed by atoms with van der Waals surface area (Å²) in [6, 6.07) is 0. The molecule has 0 aromatic carbocycles. The molecule has 0 fully saturated rings. The van der Waals surface area contributed by atoms with Gasteiger partial charge in [0.1, 0.15) is 11.3 Å². The van der Waals surface area contributed by atoms with Gasteiger partial charge in [0, 0.05) is 25.2 Å². The van der Waals surface area contributed by atoms with E-state index in [0.29, 0.717) is 12.4 Å². The molecule has 0 saturated heterocycles. The molecule has 8 heteroatoms. The van der Waals surface area contributed by atoms with Crippen LogP contribution in [-0.4, -0.2) is 35.8 Å². The number of sulfonamides is 1. The van der Waals surface area contributed by atoms with E-state index >= 15 is 0 Å². The Bertz CT molecular complexity index is 843. The number of rotatable bonds is 9. The maximum absolute atomic E-state index is 11.1. The van der Waals surface area contributed by atoms with Gasteiger partial charge in [0.05, 0.1) is 11.8 Å². The minimum absolute atomic E-state index is 0.456. The fourth-order valence-electron chi connectivity index (χ4n) is 2.97. The van der Waals surface area contributed by atoms with E-state index in [1.54, 1.807) is 0 Å². The molecule has 7 nitrogen and oxygen atoms in total. The third-order valence-corrected chi connectivity index (χ3v) is 5.13. The summed E-state index contributed by atoms with van der Waals surface area (Å²) in [5.74, 6) is 1.52. The number of hydrogen-bond donors (Lipinski definition) is 2. The molecule has 2 aromatic heterocycles. The zero-order valence-electron chi connectivity index (χ0n) is 15.6. The van der Waals surface area contributed by atoms with Gasteiger partial charge in [0.15, 0.2) is 5.82 Å². The zero-order chi connectivity index (χ0) is 18.6. The highest BCUT2D eigenvalue weighted by Gasteiger charge is 2.17. The average Bonchev–Trinajstić information content (AvgIpc) is 2.88. The van der Waals surface area contributed by atoms with Crippen LogP contribution in [-0.2, 0) is 23.0 Å². The SMILES string of the molecule is CCCCc1nc2c(N)nc(C)c(C)c2n1CCCCNS(C)(=O)=O. The molecule has 0 radical (unpaired) electrons. The van der Waals surface area contributed by atoms with Gasteiger partial charge in [-0.15, -0.1) is 0 Å². The molecular weight excluding hydrogens is 338 g/mol. The second-order valence-corrected chi connectivity index (χ2v) is 8.39. The van der Waals surface area contributed by atoms with Crippen LogP contribution in [0.1, 0.15) is 49.7 Å². The highest BCUT2D eigenvalue weighted by Crippen LogP contribution is 2.27. The third kappa shape index (κ3) is 4.92. The Balaban J connectivity index is 2.25. The van der Waals surface area contributed by atoms with Crippen molar-refractivity contribution in [2.24, 2.45) is 0 Å². The molecule has 2 heterocycles. The third-order valence-electron chi connectivity index (χ3n) is 4.40. The molecule has 0 aliphatic rings. The summed E-state index contributed by atoms with van der Waals surface area (Å²) >= 11 is 0. The Morgan fingerprint density at radius 2 is 1.88 bits per heavy atom. The fourth-order valence-corrected chi connectivity index (χ4v) is 3.48. The minimum atomic E-state index is -3.13. The second kappa shape index (κ2) is 8.14. The lowest BCUT2D eigenvalue weighted by atomic mass is 10.2. The number of hydrogen-bond acceptors (Lipinski definition) is 5. The quantitative estimate of drug-likeness (QED) is 0.662. The van der Waals surface area contributed by atoms with E-state index in [-0.39, 0.29) is 0 Å². The first kappa shape index (κ1) is 19.7. The second-order valence-electron chi connectivity index (χ2n) is 6.56. The summed E-state index contributed by atoms with van der Waals surface area (Å²) in [6.45, 7) is 7.43. The van der Waals surface area contributed by atoms with Gasteiger partial charge in [-0.1, -0.05) is 13.3 Å². The molecule has 0 saturated carbocycles. The molecule has 2 aromatic rings. The van der Waals surface area contributed by atoms with Crippen LogP contribution in [0.5, 0.6) is 0 Å². The van der Waals surface area contributed by atoms with E-state index in [0.717, 1.165) is 66.8 Å². The molecule has 0 unspecified atom stereocenters. The number of pyridine rings is 1. The number of aromatic nitrogens is 3. The lowest BCUT2D eigenvalue weighted by Gasteiger charge is -2.12. The maximum atomic E-state index is 11.1. The van der Waals surface area contributed by atoms with Crippen LogP contribution in [0.4, 0.5) is 5.82 Å². The largest absolute Gasteiger partial charge is 0.382 e. The number of nitrogens with zero attached hydrogens (tertiary/aromatic N) is 3.